The van der Waals surface area contributed by atoms with E-state index in [-0.39, 0.29) is 11.7 Å². The summed E-state index contributed by atoms with van der Waals surface area (Å²) in [6.45, 7) is 3.07. The van der Waals surface area contributed by atoms with E-state index in [9.17, 15) is 18.0 Å². The number of halogens is 3. The lowest BCUT2D eigenvalue weighted by molar-refractivity contribution is -0.137. The molecule has 7 nitrogen and oxygen atoms in total. The Morgan fingerprint density at radius 3 is 2.61 bits per heavy atom. The molecule has 3 heterocycles. The van der Waals surface area contributed by atoms with Crippen molar-refractivity contribution in [3.8, 4) is 17.3 Å². The summed E-state index contributed by atoms with van der Waals surface area (Å²) < 4.78 is 50.5. The van der Waals surface area contributed by atoms with Crippen LogP contribution in [0.5, 0.6) is 11.5 Å². The number of ether oxygens (including phenoxy) is 2. The third-order valence-electron chi connectivity index (χ3n) is 4.85. The number of fused-ring (bicyclic) bond motifs is 1. The second kappa shape index (κ2) is 8.29. The molecular weight excluding hydrogens is 413 g/mol. The molecule has 1 N–H and O–H groups in total. The van der Waals surface area contributed by atoms with E-state index < -0.39 is 11.7 Å². The third-order valence-corrected chi connectivity index (χ3v) is 4.85. The Bertz CT molecular complexity index is 1090. The highest BCUT2D eigenvalue weighted by Gasteiger charge is 2.30. The Kier molecular flexibility index (Phi) is 5.53. The Hall–Kier alpha value is -3.56. The number of carbonyl (C=O) groups excluding carboxylic acids is 1. The van der Waals surface area contributed by atoms with E-state index in [0.717, 1.165) is 17.8 Å². The van der Waals surface area contributed by atoms with Crippen LogP contribution < -0.4 is 14.8 Å². The number of aromatic nitrogens is 3. The van der Waals surface area contributed by atoms with Gasteiger partial charge in [0.2, 0.25) is 0 Å². The van der Waals surface area contributed by atoms with Crippen molar-refractivity contribution in [1.29, 1.82) is 0 Å². The topological polar surface area (TPSA) is 78.3 Å². The van der Waals surface area contributed by atoms with Gasteiger partial charge in [-0.1, -0.05) is 6.07 Å². The first-order valence-corrected chi connectivity index (χ1v) is 9.58. The minimum Gasteiger partial charge on any atom is -0.486 e. The smallest absolute Gasteiger partial charge is 0.417 e. The van der Waals surface area contributed by atoms with Crippen molar-refractivity contribution in [2.24, 2.45) is 0 Å². The summed E-state index contributed by atoms with van der Waals surface area (Å²) >= 11 is 0. The van der Waals surface area contributed by atoms with Gasteiger partial charge >= 0.3 is 6.18 Å². The van der Waals surface area contributed by atoms with Crippen LogP contribution in [0.3, 0.4) is 0 Å². The second-order valence-corrected chi connectivity index (χ2v) is 6.94. The number of nitrogens with one attached hydrogen (secondary N) is 1. The first-order chi connectivity index (χ1) is 14.8. The molecule has 0 unspecified atom stereocenters. The molecule has 1 aliphatic heterocycles. The Balaban J connectivity index is 1.39. The number of nitrogens with zero attached hydrogens (tertiary/aromatic N) is 3. The van der Waals surface area contributed by atoms with Gasteiger partial charge in [-0.25, -0.2) is 9.67 Å². The van der Waals surface area contributed by atoms with Gasteiger partial charge < -0.3 is 14.8 Å². The van der Waals surface area contributed by atoms with Gasteiger partial charge in [0.1, 0.15) is 13.2 Å². The highest BCUT2D eigenvalue weighted by molar-refractivity contribution is 5.95. The van der Waals surface area contributed by atoms with Gasteiger partial charge in [0.25, 0.3) is 5.91 Å². The molecule has 2 aromatic heterocycles. The number of hydrogen-bond acceptors (Lipinski definition) is 5. The standard InChI is InChI=1S/C21H19F3N4O3/c1-13-16(12-27-28(13)19-5-3-15(11-26-19)21(22,23)24)20(29)25-7-6-14-2-4-17-18(10-14)31-9-8-30-17/h2-5,10-12H,6-9H2,1H3,(H,25,29). The van der Waals surface area contributed by atoms with Crippen molar-refractivity contribution in [3.05, 3.63) is 65.1 Å². The molecule has 3 aromatic rings. The normalized spacial score (nSPS) is 13.2. The van der Waals surface area contributed by atoms with E-state index in [1.54, 1.807) is 6.92 Å². The van der Waals surface area contributed by atoms with Crippen molar-refractivity contribution in [3.63, 3.8) is 0 Å². The summed E-state index contributed by atoms with van der Waals surface area (Å²) in [5.41, 5.74) is 0.942. The van der Waals surface area contributed by atoms with Crippen molar-refractivity contribution in [1.82, 2.24) is 20.1 Å². The van der Waals surface area contributed by atoms with Crippen LogP contribution in [-0.2, 0) is 12.6 Å². The maximum absolute atomic E-state index is 12.7. The molecule has 1 aromatic carbocycles. The van der Waals surface area contributed by atoms with Crippen molar-refractivity contribution >= 4 is 5.91 Å². The van der Waals surface area contributed by atoms with Crippen LogP contribution in [0, 0.1) is 6.92 Å². The first kappa shape index (κ1) is 20.7. The van der Waals surface area contributed by atoms with Crippen LogP contribution in [0.15, 0.2) is 42.7 Å². The molecule has 1 amide bonds. The maximum Gasteiger partial charge on any atom is 0.417 e. The van der Waals surface area contributed by atoms with Gasteiger partial charge in [0, 0.05) is 12.7 Å². The molecule has 0 saturated heterocycles. The molecule has 0 radical (unpaired) electrons. The molecule has 0 atom stereocenters. The molecule has 31 heavy (non-hydrogen) atoms. The average molecular weight is 432 g/mol. The summed E-state index contributed by atoms with van der Waals surface area (Å²) in [7, 11) is 0. The van der Waals surface area contributed by atoms with Gasteiger partial charge in [0.05, 0.1) is 23.0 Å². The Labute approximate surface area is 175 Å². The van der Waals surface area contributed by atoms with Crippen LogP contribution in [0.1, 0.15) is 27.2 Å². The zero-order chi connectivity index (χ0) is 22.0. The quantitative estimate of drug-likeness (QED) is 0.669. The second-order valence-electron chi connectivity index (χ2n) is 6.94. The lowest BCUT2D eigenvalue weighted by Crippen LogP contribution is -2.26. The lowest BCUT2D eigenvalue weighted by Gasteiger charge is -2.18. The summed E-state index contributed by atoms with van der Waals surface area (Å²) in [5.74, 6) is 1.27. The molecule has 0 saturated carbocycles. The van der Waals surface area contributed by atoms with Crippen molar-refractivity contribution in [2.45, 2.75) is 19.5 Å². The van der Waals surface area contributed by atoms with E-state index in [4.69, 9.17) is 9.47 Å². The minimum absolute atomic E-state index is 0.195. The molecule has 1 aliphatic rings. The third kappa shape index (κ3) is 4.47. The number of carbonyl (C=O) groups is 1. The van der Waals surface area contributed by atoms with E-state index in [2.05, 4.69) is 15.4 Å². The van der Waals surface area contributed by atoms with Crippen LogP contribution in [0.25, 0.3) is 5.82 Å². The number of alkyl halides is 3. The zero-order valence-electron chi connectivity index (χ0n) is 16.6. The van der Waals surface area contributed by atoms with Gasteiger partial charge in [-0.05, 0) is 43.2 Å². The minimum atomic E-state index is -4.47. The molecular formula is C21H19F3N4O3. The number of rotatable bonds is 5. The average Bonchev–Trinajstić information content (AvgIpc) is 3.14. The van der Waals surface area contributed by atoms with Gasteiger partial charge in [-0.2, -0.15) is 18.3 Å². The van der Waals surface area contributed by atoms with Gasteiger partial charge in [-0.15, -0.1) is 0 Å². The summed E-state index contributed by atoms with van der Waals surface area (Å²) in [6.07, 6.45) is -1.76. The summed E-state index contributed by atoms with van der Waals surface area (Å²) in [6, 6.07) is 7.79. The number of benzene rings is 1. The molecule has 0 aliphatic carbocycles. The highest BCUT2D eigenvalue weighted by Crippen LogP contribution is 2.31. The van der Waals surface area contributed by atoms with Crippen LogP contribution >= 0.6 is 0 Å². The fourth-order valence-corrected chi connectivity index (χ4v) is 3.20. The number of amides is 1. The summed E-state index contributed by atoms with van der Waals surface area (Å²) in [5, 5.41) is 6.92. The number of pyridine rings is 1. The summed E-state index contributed by atoms with van der Waals surface area (Å²) in [4.78, 5) is 16.4. The molecule has 4 rings (SSSR count). The highest BCUT2D eigenvalue weighted by atomic mass is 19.4. The van der Waals surface area contributed by atoms with Gasteiger partial charge in [-0.3, -0.25) is 4.79 Å². The van der Waals surface area contributed by atoms with Gasteiger partial charge in [0.15, 0.2) is 17.3 Å². The van der Waals surface area contributed by atoms with Crippen molar-refractivity contribution in [2.75, 3.05) is 19.8 Å². The van der Waals surface area contributed by atoms with Crippen LogP contribution in [-0.4, -0.2) is 40.4 Å². The van der Waals surface area contributed by atoms with Crippen LogP contribution in [0.2, 0.25) is 0 Å². The Morgan fingerprint density at radius 2 is 1.90 bits per heavy atom. The van der Waals surface area contributed by atoms with Crippen LogP contribution in [0.4, 0.5) is 13.2 Å². The predicted octanol–water partition coefficient (Wildman–Crippen LogP) is 3.34. The monoisotopic (exact) mass is 432 g/mol. The lowest BCUT2D eigenvalue weighted by atomic mass is 10.1. The fourth-order valence-electron chi connectivity index (χ4n) is 3.20. The first-order valence-electron chi connectivity index (χ1n) is 9.58. The van der Waals surface area contributed by atoms with E-state index in [1.165, 1.54) is 16.9 Å². The SMILES string of the molecule is Cc1c(C(=O)NCCc2ccc3c(c2)OCCO3)cnn1-c1ccc(C(F)(F)F)cn1. The molecule has 0 fully saturated rings. The fraction of sp³-hybridized carbons (Fsp3) is 0.286. The van der Waals surface area contributed by atoms with E-state index in [0.29, 0.717) is 48.9 Å². The van der Waals surface area contributed by atoms with Crippen molar-refractivity contribution < 1.29 is 27.4 Å². The molecule has 162 valence electrons. The largest absolute Gasteiger partial charge is 0.486 e. The maximum atomic E-state index is 12.7. The molecule has 10 heteroatoms. The van der Waals surface area contributed by atoms with E-state index in [1.807, 2.05) is 18.2 Å². The molecule has 0 spiro atoms. The Morgan fingerprint density at radius 1 is 1.13 bits per heavy atom. The zero-order valence-corrected chi connectivity index (χ0v) is 16.6. The number of hydrogen-bond donors (Lipinski definition) is 1. The predicted molar refractivity (Wildman–Crippen MR) is 105 cm³/mol. The molecule has 0 bridgehead atoms. The van der Waals surface area contributed by atoms with E-state index >= 15 is 0 Å².